The minimum Gasteiger partial charge on any atom is -0.379 e. The Morgan fingerprint density at radius 1 is 0.933 bits per heavy atom. The van der Waals surface area contributed by atoms with E-state index in [4.69, 9.17) is 53.8 Å². The number of ether oxygens (including phenoxy) is 4. The SMILES string of the molecule is CCCCOCC1O[C@@H](C)[C@@H](NC(=O)C(Cl)(Cl)Cl)C(OCCCC)[C@H]1OCCCC. The molecule has 1 aliphatic heterocycles. The quantitative estimate of drug-likeness (QED) is 0.279. The van der Waals surface area contributed by atoms with Crippen molar-refractivity contribution in [2.75, 3.05) is 26.4 Å². The van der Waals surface area contributed by atoms with E-state index in [1.807, 2.05) is 6.92 Å². The van der Waals surface area contributed by atoms with Gasteiger partial charge in [0.2, 0.25) is 0 Å². The van der Waals surface area contributed by atoms with Crippen molar-refractivity contribution < 1.29 is 23.7 Å². The molecule has 178 valence electrons. The van der Waals surface area contributed by atoms with Crippen LogP contribution in [0.25, 0.3) is 0 Å². The first-order chi connectivity index (χ1) is 14.3. The van der Waals surface area contributed by atoms with Gasteiger partial charge in [-0.2, -0.15) is 0 Å². The molecule has 0 aromatic heterocycles. The lowest BCUT2D eigenvalue weighted by atomic mass is 9.92. The van der Waals surface area contributed by atoms with Crippen LogP contribution in [-0.4, -0.2) is 66.6 Å². The maximum atomic E-state index is 12.4. The van der Waals surface area contributed by atoms with Crippen molar-refractivity contribution in [1.29, 1.82) is 0 Å². The molecule has 9 heteroatoms. The summed E-state index contributed by atoms with van der Waals surface area (Å²) in [5, 5.41) is 2.80. The van der Waals surface area contributed by atoms with E-state index in [1.54, 1.807) is 0 Å². The molecule has 0 aliphatic carbocycles. The standard InChI is InChI=1S/C21H38Cl3NO5/c1-5-8-11-27-14-16-18(28-12-9-6-2)19(29-13-10-7-3)17(15(4)30-16)25-20(26)21(22,23)24/h15-19H,5-14H2,1-4H3,(H,25,26)/t15-,16?,17+,18-,19?/m0/s1. The van der Waals surface area contributed by atoms with Crippen LogP contribution in [0.15, 0.2) is 0 Å². The van der Waals surface area contributed by atoms with Gasteiger partial charge in [-0.1, -0.05) is 74.8 Å². The van der Waals surface area contributed by atoms with E-state index in [1.165, 1.54) is 0 Å². The van der Waals surface area contributed by atoms with Crippen LogP contribution in [0.4, 0.5) is 0 Å². The van der Waals surface area contributed by atoms with Crippen molar-refractivity contribution in [2.45, 2.75) is 100 Å². The van der Waals surface area contributed by atoms with E-state index in [2.05, 4.69) is 26.1 Å². The summed E-state index contributed by atoms with van der Waals surface area (Å²) in [5.41, 5.74) is 0. The number of halogens is 3. The van der Waals surface area contributed by atoms with Crippen molar-refractivity contribution in [3.63, 3.8) is 0 Å². The lowest BCUT2D eigenvalue weighted by molar-refractivity contribution is -0.223. The van der Waals surface area contributed by atoms with Gasteiger partial charge in [0.15, 0.2) is 0 Å². The van der Waals surface area contributed by atoms with Gasteiger partial charge in [0.05, 0.1) is 18.8 Å². The van der Waals surface area contributed by atoms with Crippen molar-refractivity contribution in [3.05, 3.63) is 0 Å². The third-order valence-electron chi connectivity index (χ3n) is 5.04. The molecule has 1 fully saturated rings. The number of hydrogen-bond donors (Lipinski definition) is 1. The summed E-state index contributed by atoms with van der Waals surface area (Å²) in [6, 6.07) is -0.511. The molecule has 1 aliphatic rings. The minimum atomic E-state index is -2.06. The van der Waals surface area contributed by atoms with Crippen LogP contribution in [0.5, 0.6) is 0 Å². The van der Waals surface area contributed by atoms with Crippen LogP contribution in [-0.2, 0) is 23.7 Å². The predicted molar refractivity (Wildman–Crippen MR) is 122 cm³/mol. The van der Waals surface area contributed by atoms with Crippen molar-refractivity contribution >= 4 is 40.7 Å². The normalized spacial score (nSPS) is 27.2. The summed E-state index contributed by atoms with van der Waals surface area (Å²) in [7, 11) is 0. The summed E-state index contributed by atoms with van der Waals surface area (Å²) < 4.78 is 22.4. The van der Waals surface area contributed by atoms with Gasteiger partial charge < -0.3 is 24.3 Å². The van der Waals surface area contributed by atoms with Gasteiger partial charge in [0.25, 0.3) is 9.70 Å². The van der Waals surface area contributed by atoms with Crippen molar-refractivity contribution in [3.8, 4) is 0 Å². The minimum absolute atomic E-state index is 0.304. The number of carbonyl (C=O) groups is 1. The highest BCUT2D eigenvalue weighted by Gasteiger charge is 2.48. The van der Waals surface area contributed by atoms with Crippen molar-refractivity contribution in [2.24, 2.45) is 0 Å². The fraction of sp³-hybridized carbons (Fsp3) is 0.952. The van der Waals surface area contributed by atoms with Crippen LogP contribution in [0.3, 0.4) is 0 Å². The van der Waals surface area contributed by atoms with E-state index in [0.717, 1.165) is 38.5 Å². The first-order valence-electron chi connectivity index (χ1n) is 11.1. The highest BCUT2D eigenvalue weighted by molar-refractivity contribution is 6.76. The van der Waals surface area contributed by atoms with Crippen LogP contribution >= 0.6 is 34.8 Å². The number of carbonyl (C=O) groups excluding carboxylic acids is 1. The van der Waals surface area contributed by atoms with E-state index < -0.39 is 27.9 Å². The second kappa shape index (κ2) is 15.1. The highest BCUT2D eigenvalue weighted by atomic mass is 35.6. The zero-order valence-electron chi connectivity index (χ0n) is 18.6. The fourth-order valence-corrected chi connectivity index (χ4v) is 3.43. The van der Waals surface area contributed by atoms with E-state index in [9.17, 15) is 4.79 Å². The molecule has 1 amide bonds. The maximum Gasteiger partial charge on any atom is 0.272 e. The van der Waals surface area contributed by atoms with E-state index >= 15 is 0 Å². The summed E-state index contributed by atoms with van der Waals surface area (Å²) in [6.07, 6.45) is 4.37. The molecule has 0 aromatic rings. The van der Waals surface area contributed by atoms with Crippen LogP contribution in [0.2, 0.25) is 0 Å². The molecule has 0 bridgehead atoms. The molecule has 1 N–H and O–H groups in total. The molecule has 1 saturated heterocycles. The highest BCUT2D eigenvalue weighted by Crippen LogP contribution is 2.30. The summed E-state index contributed by atoms with van der Waals surface area (Å²) >= 11 is 17.3. The number of hydrogen-bond acceptors (Lipinski definition) is 5. The monoisotopic (exact) mass is 489 g/mol. The fourth-order valence-electron chi connectivity index (χ4n) is 3.26. The second-order valence-corrected chi connectivity index (χ2v) is 9.96. The Balaban J connectivity index is 3.01. The lowest BCUT2D eigenvalue weighted by Crippen LogP contribution is -2.66. The van der Waals surface area contributed by atoms with Gasteiger partial charge in [0, 0.05) is 19.8 Å². The van der Waals surface area contributed by atoms with E-state index in [-0.39, 0.29) is 12.2 Å². The number of unbranched alkanes of at least 4 members (excludes halogenated alkanes) is 3. The molecule has 5 atom stereocenters. The predicted octanol–water partition coefficient (Wildman–Crippen LogP) is 4.82. The first-order valence-corrected chi connectivity index (χ1v) is 12.2. The number of amides is 1. The number of nitrogens with one attached hydrogen (secondary N) is 1. The van der Waals surface area contributed by atoms with Crippen LogP contribution < -0.4 is 5.32 Å². The largest absolute Gasteiger partial charge is 0.379 e. The Labute approximate surface area is 196 Å². The molecule has 0 saturated carbocycles. The Kier molecular flexibility index (Phi) is 14.2. The molecule has 0 spiro atoms. The summed E-state index contributed by atoms with van der Waals surface area (Å²) in [4.78, 5) is 12.4. The topological polar surface area (TPSA) is 66.0 Å². The average Bonchev–Trinajstić information content (AvgIpc) is 2.68. The van der Waals surface area contributed by atoms with Gasteiger partial charge in [-0.3, -0.25) is 4.79 Å². The first kappa shape index (κ1) is 28.2. The van der Waals surface area contributed by atoms with E-state index in [0.29, 0.717) is 26.4 Å². The molecule has 0 aromatic carbocycles. The van der Waals surface area contributed by atoms with Gasteiger partial charge in [0.1, 0.15) is 18.3 Å². The Morgan fingerprint density at radius 2 is 1.47 bits per heavy atom. The second-order valence-electron chi connectivity index (χ2n) is 7.68. The molecule has 2 unspecified atom stereocenters. The Hall–Kier alpha value is 0.180. The van der Waals surface area contributed by atoms with Crippen LogP contribution in [0, 0.1) is 0 Å². The smallest absolute Gasteiger partial charge is 0.272 e. The lowest BCUT2D eigenvalue weighted by Gasteiger charge is -2.46. The Bertz CT molecular complexity index is 478. The summed E-state index contributed by atoms with van der Waals surface area (Å²) in [5.74, 6) is -0.706. The molecule has 1 heterocycles. The zero-order chi connectivity index (χ0) is 22.6. The van der Waals surface area contributed by atoms with Gasteiger partial charge in [-0.05, 0) is 26.2 Å². The molecule has 30 heavy (non-hydrogen) atoms. The molecule has 6 nitrogen and oxygen atoms in total. The van der Waals surface area contributed by atoms with Gasteiger partial charge >= 0.3 is 0 Å². The van der Waals surface area contributed by atoms with Crippen LogP contribution in [0.1, 0.15) is 66.2 Å². The third-order valence-corrected chi connectivity index (χ3v) is 5.55. The molecule has 1 rings (SSSR count). The molecular formula is C21H38Cl3NO5. The Morgan fingerprint density at radius 3 is 2.00 bits per heavy atom. The zero-order valence-corrected chi connectivity index (χ0v) is 20.9. The average molecular weight is 491 g/mol. The maximum absolute atomic E-state index is 12.4. The summed E-state index contributed by atoms with van der Waals surface area (Å²) in [6.45, 7) is 10.4. The van der Waals surface area contributed by atoms with Gasteiger partial charge in [-0.15, -0.1) is 0 Å². The number of alkyl halides is 3. The number of rotatable bonds is 14. The third kappa shape index (κ3) is 9.76. The molecule has 0 radical (unpaired) electrons. The van der Waals surface area contributed by atoms with Gasteiger partial charge in [-0.25, -0.2) is 0 Å². The molecular weight excluding hydrogens is 453 g/mol. The van der Waals surface area contributed by atoms with Crippen molar-refractivity contribution in [1.82, 2.24) is 5.32 Å².